The molecule has 0 fully saturated rings. The van der Waals surface area contributed by atoms with E-state index in [1.165, 1.54) is 11.5 Å². The summed E-state index contributed by atoms with van der Waals surface area (Å²) in [5.41, 5.74) is 1.34. The summed E-state index contributed by atoms with van der Waals surface area (Å²) in [6, 6.07) is 9.02. The first-order chi connectivity index (χ1) is 6.79. The Bertz CT molecular complexity index is 416. The van der Waals surface area contributed by atoms with Gasteiger partial charge in [-0.3, -0.25) is 0 Å². The minimum Gasteiger partial charge on any atom is -0.382 e. The zero-order chi connectivity index (χ0) is 9.97. The Morgan fingerprint density at radius 3 is 2.71 bits per heavy atom. The molecule has 0 aliphatic heterocycles. The molecule has 2 rings (SSSR count). The molecule has 1 aromatic heterocycles. The molecule has 1 atom stereocenters. The Balaban J connectivity index is 2.37. The average Bonchev–Trinajstić information content (AvgIpc) is 2.70. The van der Waals surface area contributed by atoms with Crippen molar-refractivity contribution < 1.29 is 5.11 Å². The summed E-state index contributed by atoms with van der Waals surface area (Å²) in [7, 11) is 0. The van der Waals surface area contributed by atoms with Gasteiger partial charge in [-0.1, -0.05) is 29.8 Å². The second-order valence-electron chi connectivity index (χ2n) is 2.85. The monoisotopic (exact) mass is 225 g/mol. The smallest absolute Gasteiger partial charge is 0.123 e. The average molecular weight is 226 g/mol. The van der Waals surface area contributed by atoms with Crippen molar-refractivity contribution in [1.29, 1.82) is 0 Å². The number of halogens is 1. The highest BCUT2D eigenvalue weighted by atomic mass is 35.5. The molecule has 2 nitrogen and oxygen atoms in total. The fourth-order valence-electron chi connectivity index (χ4n) is 1.22. The van der Waals surface area contributed by atoms with Gasteiger partial charge in [0.15, 0.2) is 0 Å². The summed E-state index contributed by atoms with van der Waals surface area (Å²) in [6.07, 6.45) is -0.727. The first-order valence-corrected chi connectivity index (χ1v) is 5.33. The molecule has 0 saturated carbocycles. The maximum Gasteiger partial charge on any atom is 0.123 e. The van der Waals surface area contributed by atoms with Gasteiger partial charge in [-0.05, 0) is 23.7 Å². The lowest BCUT2D eigenvalue weighted by Gasteiger charge is -2.09. The van der Waals surface area contributed by atoms with Gasteiger partial charge in [0.25, 0.3) is 0 Å². The molecule has 0 amide bonds. The molecule has 0 spiro atoms. The maximum absolute atomic E-state index is 9.92. The summed E-state index contributed by atoms with van der Waals surface area (Å²) >= 11 is 7.27. The molecule has 2 aromatic rings. The number of benzene rings is 1. The number of hydrogen-bond acceptors (Lipinski definition) is 3. The summed E-state index contributed by atoms with van der Waals surface area (Å²) in [5, 5.41) is 12.3. The van der Waals surface area contributed by atoms with E-state index in [1.807, 2.05) is 17.5 Å². The lowest BCUT2D eigenvalue weighted by Crippen LogP contribution is -2.00. The standard InChI is InChI=1S/C10H8ClNOS/c11-8-4-2-1-3-7(8)10(13)9-5-6-14-12-9/h1-6,10,13H. The second kappa shape index (κ2) is 4.09. The van der Waals surface area contributed by atoms with Crippen molar-refractivity contribution in [2.75, 3.05) is 0 Å². The number of aromatic nitrogens is 1. The van der Waals surface area contributed by atoms with Crippen molar-refractivity contribution >= 4 is 23.1 Å². The number of aliphatic hydroxyl groups is 1. The van der Waals surface area contributed by atoms with Gasteiger partial charge < -0.3 is 5.11 Å². The normalized spacial score (nSPS) is 12.7. The van der Waals surface area contributed by atoms with Gasteiger partial charge in [0.1, 0.15) is 6.10 Å². The third-order valence-corrected chi connectivity index (χ3v) is 2.86. The van der Waals surface area contributed by atoms with Gasteiger partial charge in [0.2, 0.25) is 0 Å². The van der Waals surface area contributed by atoms with Crippen LogP contribution in [0.1, 0.15) is 17.4 Å². The van der Waals surface area contributed by atoms with Gasteiger partial charge in [0.05, 0.1) is 5.69 Å². The highest BCUT2D eigenvalue weighted by Crippen LogP contribution is 2.27. The fourth-order valence-corrected chi connectivity index (χ4v) is 2.00. The second-order valence-corrected chi connectivity index (χ2v) is 3.92. The molecule has 0 radical (unpaired) electrons. The molecule has 0 aliphatic carbocycles. The zero-order valence-corrected chi connectivity index (χ0v) is 8.79. The molecule has 1 N–H and O–H groups in total. The Labute approximate surface area is 91.0 Å². The van der Waals surface area contributed by atoms with E-state index in [0.29, 0.717) is 16.3 Å². The van der Waals surface area contributed by atoms with E-state index in [9.17, 15) is 5.11 Å². The topological polar surface area (TPSA) is 33.1 Å². The Morgan fingerprint density at radius 1 is 1.29 bits per heavy atom. The summed E-state index contributed by atoms with van der Waals surface area (Å²) in [5.74, 6) is 0. The summed E-state index contributed by atoms with van der Waals surface area (Å²) < 4.78 is 4.07. The van der Waals surface area contributed by atoms with E-state index in [1.54, 1.807) is 18.2 Å². The molecule has 1 unspecified atom stereocenters. The number of hydrogen-bond donors (Lipinski definition) is 1. The van der Waals surface area contributed by atoms with E-state index < -0.39 is 6.10 Å². The van der Waals surface area contributed by atoms with Crippen LogP contribution in [0.5, 0.6) is 0 Å². The van der Waals surface area contributed by atoms with Crippen LogP contribution < -0.4 is 0 Å². The van der Waals surface area contributed by atoms with Crippen LogP contribution >= 0.6 is 23.1 Å². The number of aliphatic hydroxyl groups excluding tert-OH is 1. The van der Waals surface area contributed by atoms with Crippen molar-refractivity contribution in [3.8, 4) is 0 Å². The molecule has 1 aromatic carbocycles. The van der Waals surface area contributed by atoms with Gasteiger partial charge in [-0.2, -0.15) is 4.37 Å². The lowest BCUT2D eigenvalue weighted by molar-refractivity contribution is 0.216. The molecule has 1 heterocycles. The highest BCUT2D eigenvalue weighted by molar-refractivity contribution is 7.03. The first-order valence-electron chi connectivity index (χ1n) is 4.12. The molecule has 0 aliphatic rings. The molecule has 0 bridgehead atoms. The van der Waals surface area contributed by atoms with E-state index in [2.05, 4.69) is 4.37 Å². The third-order valence-electron chi connectivity index (χ3n) is 1.94. The van der Waals surface area contributed by atoms with Gasteiger partial charge >= 0.3 is 0 Å². The Hall–Kier alpha value is -0.900. The fraction of sp³-hybridized carbons (Fsp3) is 0.100. The third kappa shape index (κ3) is 1.80. The molecular formula is C10H8ClNOS. The number of rotatable bonds is 2. The minimum atomic E-state index is -0.727. The first kappa shape index (κ1) is 9.65. The maximum atomic E-state index is 9.92. The summed E-state index contributed by atoms with van der Waals surface area (Å²) in [4.78, 5) is 0. The lowest BCUT2D eigenvalue weighted by atomic mass is 10.1. The zero-order valence-electron chi connectivity index (χ0n) is 7.22. The van der Waals surface area contributed by atoms with Crippen molar-refractivity contribution in [2.45, 2.75) is 6.10 Å². The van der Waals surface area contributed by atoms with Crippen LogP contribution in [0.3, 0.4) is 0 Å². The van der Waals surface area contributed by atoms with Crippen molar-refractivity contribution in [3.05, 3.63) is 52.0 Å². The molecule has 72 valence electrons. The van der Waals surface area contributed by atoms with Gasteiger partial charge in [0, 0.05) is 16.0 Å². The van der Waals surface area contributed by atoms with Crippen molar-refractivity contribution in [2.24, 2.45) is 0 Å². The largest absolute Gasteiger partial charge is 0.382 e. The quantitative estimate of drug-likeness (QED) is 0.853. The minimum absolute atomic E-state index is 0.563. The van der Waals surface area contributed by atoms with Gasteiger partial charge in [-0.25, -0.2) is 0 Å². The van der Waals surface area contributed by atoms with Crippen LogP contribution in [-0.2, 0) is 0 Å². The van der Waals surface area contributed by atoms with Crippen molar-refractivity contribution in [1.82, 2.24) is 4.37 Å². The van der Waals surface area contributed by atoms with Crippen LogP contribution in [0.25, 0.3) is 0 Å². The van der Waals surface area contributed by atoms with E-state index >= 15 is 0 Å². The van der Waals surface area contributed by atoms with E-state index in [-0.39, 0.29) is 0 Å². The molecule has 0 saturated heterocycles. The SMILES string of the molecule is OC(c1ccsn1)c1ccccc1Cl. The Kier molecular flexibility index (Phi) is 2.82. The van der Waals surface area contributed by atoms with Crippen LogP contribution in [0.2, 0.25) is 5.02 Å². The van der Waals surface area contributed by atoms with Crippen molar-refractivity contribution in [3.63, 3.8) is 0 Å². The van der Waals surface area contributed by atoms with Crippen LogP contribution in [0.15, 0.2) is 35.7 Å². The molecular weight excluding hydrogens is 218 g/mol. The van der Waals surface area contributed by atoms with Crippen LogP contribution in [0.4, 0.5) is 0 Å². The molecule has 4 heteroatoms. The Morgan fingerprint density at radius 2 is 2.07 bits per heavy atom. The van der Waals surface area contributed by atoms with E-state index in [0.717, 1.165) is 0 Å². The molecule has 14 heavy (non-hydrogen) atoms. The van der Waals surface area contributed by atoms with Crippen LogP contribution in [-0.4, -0.2) is 9.48 Å². The summed E-state index contributed by atoms with van der Waals surface area (Å²) in [6.45, 7) is 0. The predicted molar refractivity (Wildman–Crippen MR) is 57.6 cm³/mol. The predicted octanol–water partition coefficient (Wildman–Crippen LogP) is 2.88. The number of nitrogens with zero attached hydrogens (tertiary/aromatic N) is 1. The van der Waals surface area contributed by atoms with E-state index in [4.69, 9.17) is 11.6 Å². The highest BCUT2D eigenvalue weighted by Gasteiger charge is 2.14. The van der Waals surface area contributed by atoms with Gasteiger partial charge in [-0.15, -0.1) is 0 Å². The van der Waals surface area contributed by atoms with Crippen LogP contribution in [0, 0.1) is 0 Å².